The second kappa shape index (κ2) is 11.3. The van der Waals surface area contributed by atoms with E-state index in [1.807, 2.05) is 49.4 Å². The summed E-state index contributed by atoms with van der Waals surface area (Å²) in [6.45, 7) is 3.46. The molecule has 3 atom stereocenters. The van der Waals surface area contributed by atoms with Crippen LogP contribution in [0.5, 0.6) is 0 Å². The molecule has 0 saturated carbocycles. The van der Waals surface area contributed by atoms with Gasteiger partial charge in [0.2, 0.25) is 0 Å². The highest BCUT2D eigenvalue weighted by atomic mass is 35.5. The van der Waals surface area contributed by atoms with Gasteiger partial charge in [-0.2, -0.15) is 5.26 Å². The summed E-state index contributed by atoms with van der Waals surface area (Å²) in [4.78, 5) is 25.1. The standard InChI is InChI=1S/C27H25ClN2O3/c1-18(30-26(31)19(2)33-27(32)22-8-4-3-5-9-22)25(16-20-11-13-24(28)14-12-20)23-10-6-7-21(15-23)17-29/h3-15,18-19,25H,16H2,1-2H3,(H,30,31)/t18-,19-,25+/m0/s1. The molecule has 3 rings (SSSR count). The molecule has 0 saturated heterocycles. The minimum Gasteiger partial charge on any atom is -0.449 e. The van der Waals surface area contributed by atoms with Crippen LogP contribution < -0.4 is 5.32 Å². The van der Waals surface area contributed by atoms with Gasteiger partial charge >= 0.3 is 5.97 Å². The molecule has 0 fully saturated rings. The molecule has 3 aromatic rings. The van der Waals surface area contributed by atoms with Gasteiger partial charge in [-0.25, -0.2) is 4.79 Å². The number of nitrogens with zero attached hydrogens (tertiary/aromatic N) is 1. The summed E-state index contributed by atoms with van der Waals surface area (Å²) in [5, 5.41) is 12.9. The molecule has 0 spiro atoms. The molecule has 168 valence electrons. The third-order valence-corrected chi connectivity index (χ3v) is 5.70. The SMILES string of the molecule is C[C@H](OC(=O)c1ccccc1)C(=O)N[C@@H](C)[C@@H](Cc1ccc(Cl)cc1)c1cccc(C#N)c1. The Morgan fingerprint density at radius 3 is 2.36 bits per heavy atom. The fourth-order valence-corrected chi connectivity index (χ4v) is 3.72. The number of hydrogen-bond acceptors (Lipinski definition) is 4. The molecule has 1 N–H and O–H groups in total. The van der Waals surface area contributed by atoms with Gasteiger partial charge in [-0.05, 0) is 67.8 Å². The number of carbonyl (C=O) groups excluding carboxylic acids is 2. The molecule has 0 unspecified atom stereocenters. The molecular formula is C27H25ClN2O3. The van der Waals surface area contributed by atoms with Crippen LogP contribution >= 0.6 is 11.6 Å². The Morgan fingerprint density at radius 2 is 1.70 bits per heavy atom. The molecule has 6 heteroatoms. The van der Waals surface area contributed by atoms with Crippen LogP contribution in [0.4, 0.5) is 0 Å². The van der Waals surface area contributed by atoms with Gasteiger partial charge < -0.3 is 10.1 Å². The van der Waals surface area contributed by atoms with Gasteiger partial charge in [0.1, 0.15) is 0 Å². The van der Waals surface area contributed by atoms with E-state index in [2.05, 4.69) is 11.4 Å². The van der Waals surface area contributed by atoms with Crippen molar-refractivity contribution in [2.75, 3.05) is 0 Å². The number of halogens is 1. The third-order valence-electron chi connectivity index (χ3n) is 5.45. The van der Waals surface area contributed by atoms with Crippen molar-refractivity contribution in [3.63, 3.8) is 0 Å². The van der Waals surface area contributed by atoms with Gasteiger partial charge in [0.05, 0.1) is 17.2 Å². The monoisotopic (exact) mass is 460 g/mol. The van der Waals surface area contributed by atoms with Crippen LogP contribution in [0.3, 0.4) is 0 Å². The van der Waals surface area contributed by atoms with Gasteiger partial charge in [0, 0.05) is 17.0 Å². The number of nitrogens with one attached hydrogen (secondary N) is 1. The van der Waals surface area contributed by atoms with Crippen molar-refractivity contribution in [1.29, 1.82) is 5.26 Å². The minimum absolute atomic E-state index is 0.111. The van der Waals surface area contributed by atoms with Crippen molar-refractivity contribution in [1.82, 2.24) is 5.32 Å². The average Bonchev–Trinajstić information content (AvgIpc) is 2.84. The molecular weight excluding hydrogens is 436 g/mol. The number of carbonyl (C=O) groups is 2. The predicted octanol–water partition coefficient (Wildman–Crippen LogP) is 5.29. The third kappa shape index (κ3) is 6.68. The number of ether oxygens (including phenoxy) is 1. The van der Waals surface area contributed by atoms with Crippen molar-refractivity contribution >= 4 is 23.5 Å². The highest BCUT2D eigenvalue weighted by molar-refractivity contribution is 6.30. The van der Waals surface area contributed by atoms with Crippen LogP contribution in [-0.4, -0.2) is 24.0 Å². The van der Waals surface area contributed by atoms with E-state index < -0.39 is 12.1 Å². The van der Waals surface area contributed by atoms with Crippen LogP contribution in [0.25, 0.3) is 0 Å². The summed E-state index contributed by atoms with van der Waals surface area (Å²) in [6.07, 6.45) is -0.326. The zero-order valence-electron chi connectivity index (χ0n) is 18.5. The second-order valence-corrected chi connectivity index (χ2v) is 8.32. The van der Waals surface area contributed by atoms with E-state index in [9.17, 15) is 14.9 Å². The summed E-state index contributed by atoms with van der Waals surface area (Å²) in [5.74, 6) is -1.05. The van der Waals surface area contributed by atoms with Crippen molar-refractivity contribution in [3.8, 4) is 6.07 Å². The molecule has 0 aliphatic rings. The van der Waals surface area contributed by atoms with Crippen molar-refractivity contribution in [2.45, 2.75) is 38.3 Å². The number of amides is 1. The van der Waals surface area contributed by atoms with Crippen molar-refractivity contribution in [2.24, 2.45) is 0 Å². The van der Waals surface area contributed by atoms with Gasteiger partial charge in [-0.15, -0.1) is 0 Å². The number of benzene rings is 3. The molecule has 5 nitrogen and oxygen atoms in total. The topological polar surface area (TPSA) is 79.2 Å². The first-order chi connectivity index (χ1) is 15.9. The molecule has 0 bridgehead atoms. The Kier molecular flexibility index (Phi) is 8.23. The van der Waals surface area contributed by atoms with Crippen LogP contribution in [-0.2, 0) is 16.0 Å². The highest BCUT2D eigenvalue weighted by Crippen LogP contribution is 2.26. The van der Waals surface area contributed by atoms with E-state index in [0.717, 1.165) is 11.1 Å². The van der Waals surface area contributed by atoms with Gasteiger partial charge in [-0.3, -0.25) is 4.79 Å². The number of esters is 1. The molecule has 1 amide bonds. The van der Waals surface area contributed by atoms with E-state index >= 15 is 0 Å². The van der Waals surface area contributed by atoms with Gasteiger partial charge in [-0.1, -0.05) is 54.1 Å². The molecule has 33 heavy (non-hydrogen) atoms. The molecule has 0 aliphatic heterocycles. The van der Waals surface area contributed by atoms with E-state index in [0.29, 0.717) is 22.6 Å². The normalized spacial score (nSPS) is 13.3. The van der Waals surface area contributed by atoms with Crippen molar-refractivity contribution < 1.29 is 14.3 Å². The maximum absolute atomic E-state index is 12.8. The summed E-state index contributed by atoms with van der Waals surface area (Å²) >= 11 is 6.02. The van der Waals surface area contributed by atoms with E-state index in [4.69, 9.17) is 16.3 Å². The van der Waals surface area contributed by atoms with Gasteiger partial charge in [0.15, 0.2) is 6.10 Å². The summed E-state index contributed by atoms with van der Waals surface area (Å²) < 4.78 is 5.34. The fourth-order valence-electron chi connectivity index (χ4n) is 3.60. The number of hydrogen-bond donors (Lipinski definition) is 1. The first-order valence-corrected chi connectivity index (χ1v) is 11.1. The minimum atomic E-state index is -0.957. The van der Waals surface area contributed by atoms with Crippen LogP contribution in [0, 0.1) is 11.3 Å². The first kappa shape index (κ1) is 24.0. The Labute approximate surface area is 199 Å². The summed E-state index contributed by atoms with van der Waals surface area (Å²) in [5.41, 5.74) is 2.93. The zero-order valence-corrected chi connectivity index (χ0v) is 19.3. The molecule has 0 aromatic heterocycles. The van der Waals surface area contributed by atoms with Crippen molar-refractivity contribution in [3.05, 3.63) is 106 Å². The maximum Gasteiger partial charge on any atom is 0.338 e. The van der Waals surface area contributed by atoms with E-state index in [-0.39, 0.29) is 17.9 Å². The lowest BCUT2D eigenvalue weighted by atomic mass is 9.86. The Hall–Kier alpha value is -3.62. The number of rotatable bonds is 8. The lowest BCUT2D eigenvalue weighted by Crippen LogP contribution is -2.43. The largest absolute Gasteiger partial charge is 0.449 e. The number of nitriles is 1. The van der Waals surface area contributed by atoms with E-state index in [1.54, 1.807) is 43.3 Å². The lowest BCUT2D eigenvalue weighted by Gasteiger charge is -2.27. The average molecular weight is 461 g/mol. The Balaban J connectivity index is 1.75. The smallest absolute Gasteiger partial charge is 0.338 e. The van der Waals surface area contributed by atoms with Crippen LogP contribution in [0.1, 0.15) is 46.8 Å². The zero-order chi connectivity index (χ0) is 23.8. The fraction of sp³-hybridized carbons (Fsp3) is 0.222. The van der Waals surface area contributed by atoms with Gasteiger partial charge in [0.25, 0.3) is 5.91 Å². The van der Waals surface area contributed by atoms with Crippen LogP contribution in [0.15, 0.2) is 78.9 Å². The Morgan fingerprint density at radius 1 is 1.00 bits per heavy atom. The summed E-state index contributed by atoms with van der Waals surface area (Å²) in [6, 6.07) is 25.3. The van der Waals surface area contributed by atoms with Crippen LogP contribution in [0.2, 0.25) is 5.02 Å². The quantitative estimate of drug-likeness (QED) is 0.463. The predicted molar refractivity (Wildman–Crippen MR) is 128 cm³/mol. The van der Waals surface area contributed by atoms with E-state index in [1.165, 1.54) is 0 Å². The second-order valence-electron chi connectivity index (χ2n) is 7.89. The Bertz CT molecular complexity index is 1140. The molecule has 3 aromatic carbocycles. The first-order valence-electron chi connectivity index (χ1n) is 10.7. The lowest BCUT2D eigenvalue weighted by molar-refractivity contribution is -0.129. The molecule has 0 heterocycles. The summed E-state index contributed by atoms with van der Waals surface area (Å²) in [7, 11) is 0. The highest BCUT2D eigenvalue weighted by Gasteiger charge is 2.26. The molecule has 0 radical (unpaired) electrons. The maximum atomic E-state index is 12.8. The molecule has 0 aliphatic carbocycles.